The monoisotopic (exact) mass is 474 g/mol. The number of rotatable bonds is 7. The first-order valence-electron chi connectivity index (χ1n) is 9.52. The fourth-order valence-corrected chi connectivity index (χ4v) is 4.46. The molecule has 1 N–H and O–H groups in total. The zero-order valence-corrected chi connectivity index (χ0v) is 18.2. The van der Waals surface area contributed by atoms with Gasteiger partial charge in [-0.25, -0.2) is 0 Å². The van der Waals surface area contributed by atoms with Crippen molar-refractivity contribution in [1.82, 2.24) is 20.1 Å². The Morgan fingerprint density at radius 3 is 2.56 bits per heavy atom. The van der Waals surface area contributed by atoms with Crippen molar-refractivity contribution >= 4 is 29.0 Å². The van der Waals surface area contributed by atoms with Crippen molar-refractivity contribution in [2.75, 3.05) is 5.75 Å². The first-order valence-corrected chi connectivity index (χ1v) is 11.4. The Balaban J connectivity index is 1.45. The minimum atomic E-state index is -4.42. The Hall–Kier alpha value is -3.11. The number of thioether (sulfide) groups is 1. The van der Waals surface area contributed by atoms with Crippen LogP contribution in [-0.4, -0.2) is 26.4 Å². The molecule has 2 aromatic carbocycles. The highest BCUT2D eigenvalue weighted by atomic mass is 32.2. The summed E-state index contributed by atoms with van der Waals surface area (Å²) in [5.74, 6) is 0.416. The molecule has 32 heavy (non-hydrogen) atoms. The lowest BCUT2D eigenvalue weighted by molar-refractivity contribution is -0.137. The molecule has 164 valence electrons. The fraction of sp³-hybridized carbons (Fsp3) is 0.136. The normalized spacial score (nSPS) is 11.5. The quantitative estimate of drug-likeness (QED) is 0.363. The third-order valence-electron chi connectivity index (χ3n) is 4.47. The van der Waals surface area contributed by atoms with Crippen molar-refractivity contribution in [3.63, 3.8) is 0 Å². The number of hydrogen-bond donors (Lipinski definition) is 1. The Morgan fingerprint density at radius 2 is 1.84 bits per heavy atom. The van der Waals surface area contributed by atoms with Crippen molar-refractivity contribution < 1.29 is 18.0 Å². The molecule has 0 radical (unpaired) electrons. The summed E-state index contributed by atoms with van der Waals surface area (Å²) in [6.07, 6.45) is -4.42. The summed E-state index contributed by atoms with van der Waals surface area (Å²) >= 11 is 2.75. The van der Waals surface area contributed by atoms with Crippen molar-refractivity contribution in [2.45, 2.75) is 17.9 Å². The van der Waals surface area contributed by atoms with E-state index in [1.807, 2.05) is 52.4 Å². The fourth-order valence-electron chi connectivity index (χ4n) is 2.98. The molecule has 0 aliphatic heterocycles. The first-order chi connectivity index (χ1) is 15.4. The van der Waals surface area contributed by atoms with Gasteiger partial charge >= 0.3 is 6.18 Å². The molecule has 0 aliphatic carbocycles. The van der Waals surface area contributed by atoms with E-state index in [-0.39, 0.29) is 18.2 Å². The molecule has 5 nitrogen and oxygen atoms in total. The molecule has 0 unspecified atom stereocenters. The molecule has 0 atom stereocenters. The molecule has 0 saturated heterocycles. The van der Waals surface area contributed by atoms with E-state index in [4.69, 9.17) is 0 Å². The van der Waals surface area contributed by atoms with Crippen LogP contribution in [0.5, 0.6) is 0 Å². The molecule has 2 aromatic heterocycles. The van der Waals surface area contributed by atoms with Crippen molar-refractivity contribution in [3.05, 3.63) is 83.2 Å². The van der Waals surface area contributed by atoms with E-state index in [1.165, 1.54) is 29.2 Å². The Bertz CT molecular complexity index is 1190. The zero-order valence-electron chi connectivity index (χ0n) is 16.5. The Labute approximate surface area is 190 Å². The van der Waals surface area contributed by atoms with Crippen molar-refractivity contribution in [3.8, 4) is 16.4 Å². The molecule has 2 heterocycles. The molecule has 0 fully saturated rings. The summed E-state index contributed by atoms with van der Waals surface area (Å²) in [7, 11) is 0. The first kappa shape index (κ1) is 22.1. The second-order valence-electron chi connectivity index (χ2n) is 6.72. The molecule has 1 amide bonds. The van der Waals surface area contributed by atoms with E-state index in [9.17, 15) is 18.0 Å². The zero-order chi connectivity index (χ0) is 22.6. The maximum absolute atomic E-state index is 12.9. The van der Waals surface area contributed by atoms with Gasteiger partial charge in [-0.05, 0) is 41.3 Å². The van der Waals surface area contributed by atoms with Gasteiger partial charge in [0.25, 0.3) is 0 Å². The average molecular weight is 475 g/mol. The second kappa shape index (κ2) is 9.58. The number of para-hydroxylation sites is 1. The summed E-state index contributed by atoms with van der Waals surface area (Å²) in [4.78, 5) is 13.3. The number of nitrogens with one attached hydrogen (secondary N) is 1. The van der Waals surface area contributed by atoms with E-state index in [2.05, 4.69) is 15.5 Å². The van der Waals surface area contributed by atoms with Crippen LogP contribution < -0.4 is 5.32 Å². The summed E-state index contributed by atoms with van der Waals surface area (Å²) in [6, 6.07) is 18.4. The molecule has 4 rings (SSSR count). The third kappa shape index (κ3) is 5.20. The van der Waals surface area contributed by atoms with Crippen LogP contribution >= 0.6 is 23.1 Å². The van der Waals surface area contributed by atoms with Gasteiger partial charge in [0, 0.05) is 12.2 Å². The van der Waals surface area contributed by atoms with Gasteiger partial charge in [-0.2, -0.15) is 13.2 Å². The molecule has 0 spiro atoms. The van der Waals surface area contributed by atoms with Gasteiger partial charge < -0.3 is 5.32 Å². The number of thiophene rings is 1. The minimum absolute atomic E-state index is 0.00906. The predicted molar refractivity (Wildman–Crippen MR) is 119 cm³/mol. The highest BCUT2D eigenvalue weighted by molar-refractivity contribution is 7.99. The van der Waals surface area contributed by atoms with E-state index in [1.54, 1.807) is 6.07 Å². The number of aromatic nitrogens is 3. The maximum atomic E-state index is 12.9. The third-order valence-corrected chi connectivity index (χ3v) is 6.26. The van der Waals surface area contributed by atoms with Crippen molar-refractivity contribution in [2.24, 2.45) is 0 Å². The number of alkyl halides is 3. The molecular weight excluding hydrogens is 457 g/mol. The van der Waals surface area contributed by atoms with Gasteiger partial charge in [0.15, 0.2) is 11.0 Å². The minimum Gasteiger partial charge on any atom is -0.351 e. The van der Waals surface area contributed by atoms with E-state index in [0.717, 1.165) is 22.7 Å². The topological polar surface area (TPSA) is 59.8 Å². The van der Waals surface area contributed by atoms with Crippen LogP contribution in [0.25, 0.3) is 16.4 Å². The lowest BCUT2D eigenvalue weighted by Gasteiger charge is -2.10. The highest BCUT2D eigenvalue weighted by Gasteiger charge is 2.30. The molecule has 0 aliphatic rings. The van der Waals surface area contributed by atoms with Crippen LogP contribution in [-0.2, 0) is 17.5 Å². The molecular formula is C22H17F3N4OS2. The summed E-state index contributed by atoms with van der Waals surface area (Å²) in [5.41, 5.74) is 0.508. The molecule has 4 aromatic rings. The second-order valence-corrected chi connectivity index (χ2v) is 8.61. The van der Waals surface area contributed by atoms with Crippen LogP contribution in [0.4, 0.5) is 13.2 Å². The van der Waals surface area contributed by atoms with Crippen LogP contribution in [0.1, 0.15) is 11.1 Å². The SMILES string of the molecule is O=C(CSc1nnc(-c2cccs2)n1-c1ccccc1)NCc1cccc(C(F)(F)F)c1. The summed E-state index contributed by atoms with van der Waals surface area (Å²) < 4.78 is 40.4. The Morgan fingerprint density at radius 1 is 1.03 bits per heavy atom. The van der Waals surface area contributed by atoms with Gasteiger partial charge in [-0.3, -0.25) is 9.36 Å². The number of carbonyl (C=O) groups excluding carboxylic acids is 1. The van der Waals surface area contributed by atoms with E-state index < -0.39 is 11.7 Å². The van der Waals surface area contributed by atoms with Crippen molar-refractivity contribution in [1.29, 1.82) is 0 Å². The molecule has 0 saturated carbocycles. The number of benzene rings is 2. The molecule has 10 heteroatoms. The van der Waals surface area contributed by atoms with Crippen LogP contribution in [0.3, 0.4) is 0 Å². The van der Waals surface area contributed by atoms with E-state index in [0.29, 0.717) is 16.5 Å². The smallest absolute Gasteiger partial charge is 0.351 e. The van der Waals surface area contributed by atoms with E-state index >= 15 is 0 Å². The van der Waals surface area contributed by atoms with Gasteiger partial charge in [0.1, 0.15) is 0 Å². The Kier molecular flexibility index (Phi) is 6.61. The number of nitrogens with zero attached hydrogens (tertiary/aromatic N) is 3. The summed E-state index contributed by atoms with van der Waals surface area (Å²) in [6.45, 7) is 0.00906. The lowest BCUT2D eigenvalue weighted by atomic mass is 10.1. The largest absolute Gasteiger partial charge is 0.416 e. The maximum Gasteiger partial charge on any atom is 0.416 e. The lowest BCUT2D eigenvalue weighted by Crippen LogP contribution is -2.25. The van der Waals surface area contributed by atoms with Gasteiger partial charge in [0.2, 0.25) is 5.91 Å². The predicted octanol–water partition coefficient (Wildman–Crippen LogP) is 5.42. The number of halogens is 3. The van der Waals surface area contributed by atoms with Crippen LogP contribution in [0.15, 0.2) is 77.3 Å². The average Bonchev–Trinajstić information content (AvgIpc) is 3.46. The standard InChI is InChI=1S/C22H17F3N4OS2/c23-22(24,25)16-7-4-6-15(12-16)13-26-19(30)14-32-21-28-27-20(18-10-5-11-31-18)29(21)17-8-2-1-3-9-17/h1-12H,13-14H2,(H,26,30). The number of carbonyl (C=O) groups is 1. The van der Waals surface area contributed by atoms with Crippen LogP contribution in [0, 0.1) is 0 Å². The number of hydrogen-bond acceptors (Lipinski definition) is 5. The number of amides is 1. The molecule has 0 bridgehead atoms. The van der Waals surface area contributed by atoms with Gasteiger partial charge in [-0.15, -0.1) is 21.5 Å². The van der Waals surface area contributed by atoms with Gasteiger partial charge in [-0.1, -0.05) is 48.2 Å². The summed E-state index contributed by atoms with van der Waals surface area (Å²) in [5, 5.41) is 13.7. The van der Waals surface area contributed by atoms with Gasteiger partial charge in [0.05, 0.1) is 16.2 Å². The van der Waals surface area contributed by atoms with Crippen LogP contribution in [0.2, 0.25) is 0 Å². The highest BCUT2D eigenvalue weighted by Crippen LogP contribution is 2.31.